The molecule has 3 aromatic carbocycles. The molecule has 0 amide bonds. The monoisotopic (exact) mass is 510 g/mol. The molecule has 1 saturated heterocycles. The maximum absolute atomic E-state index is 10.7. The molecular weight excluding hydrogens is 476 g/mol. The van der Waals surface area contributed by atoms with Crippen molar-refractivity contribution in [2.45, 2.75) is 44.4 Å². The summed E-state index contributed by atoms with van der Waals surface area (Å²) >= 11 is 0. The van der Waals surface area contributed by atoms with Crippen LogP contribution in [0.3, 0.4) is 0 Å². The largest absolute Gasteiger partial charge is 0.497 e. The summed E-state index contributed by atoms with van der Waals surface area (Å²) in [6.45, 7) is 1.10. The first-order chi connectivity index (χ1) is 18.1. The van der Waals surface area contributed by atoms with Gasteiger partial charge in [0.15, 0.2) is 6.29 Å². The lowest BCUT2D eigenvalue weighted by molar-refractivity contribution is -0.286. The summed E-state index contributed by atoms with van der Waals surface area (Å²) in [5, 5.41) is 10.7. The van der Waals surface area contributed by atoms with E-state index in [9.17, 15) is 5.11 Å². The topological polar surface area (TPSA) is 84.8 Å². The Bertz CT molecular complexity index is 1070. The van der Waals surface area contributed by atoms with E-state index < -0.39 is 24.6 Å². The Hall–Kier alpha value is -3.14. The lowest BCUT2D eigenvalue weighted by Gasteiger charge is -2.40. The van der Waals surface area contributed by atoms with E-state index in [2.05, 4.69) is 0 Å². The van der Waals surface area contributed by atoms with Gasteiger partial charge in [-0.15, -0.1) is 0 Å². The van der Waals surface area contributed by atoms with Crippen LogP contribution >= 0.6 is 0 Å². The molecule has 0 saturated carbocycles. The molecule has 37 heavy (non-hydrogen) atoms. The Morgan fingerprint density at radius 2 is 0.973 bits per heavy atom. The summed E-state index contributed by atoms with van der Waals surface area (Å²) in [6.07, 6.45) is -2.93. The number of hydrogen-bond donors (Lipinski definition) is 1. The summed E-state index contributed by atoms with van der Waals surface area (Å²) in [5.41, 5.74) is 2.88. The fraction of sp³-hybridized carbons (Fsp3) is 0.379. The zero-order valence-corrected chi connectivity index (χ0v) is 21.4. The van der Waals surface area contributed by atoms with Crippen molar-refractivity contribution in [1.82, 2.24) is 0 Å². The second-order valence-electron chi connectivity index (χ2n) is 8.67. The van der Waals surface area contributed by atoms with Gasteiger partial charge in [-0.1, -0.05) is 36.4 Å². The molecule has 3 aromatic rings. The number of aliphatic hydroxyl groups is 1. The van der Waals surface area contributed by atoms with Crippen LogP contribution in [-0.4, -0.2) is 57.6 Å². The lowest BCUT2D eigenvalue weighted by Crippen LogP contribution is -2.56. The summed E-state index contributed by atoms with van der Waals surface area (Å²) in [7, 11) is 4.88. The molecule has 1 aliphatic heterocycles. The zero-order valence-electron chi connectivity index (χ0n) is 21.4. The minimum Gasteiger partial charge on any atom is -0.497 e. The highest BCUT2D eigenvalue weighted by atomic mass is 16.7. The molecule has 0 aromatic heterocycles. The van der Waals surface area contributed by atoms with Gasteiger partial charge in [-0.05, 0) is 53.1 Å². The van der Waals surface area contributed by atoms with Gasteiger partial charge in [-0.3, -0.25) is 0 Å². The molecule has 2 unspecified atom stereocenters. The first-order valence-electron chi connectivity index (χ1n) is 12.1. The van der Waals surface area contributed by atoms with E-state index in [1.54, 1.807) is 21.3 Å². The van der Waals surface area contributed by atoms with E-state index in [0.717, 1.165) is 33.9 Å². The van der Waals surface area contributed by atoms with Crippen molar-refractivity contribution in [2.75, 3.05) is 27.9 Å². The Labute approximate surface area is 217 Å². The first-order valence-corrected chi connectivity index (χ1v) is 12.1. The summed E-state index contributed by atoms with van der Waals surface area (Å²) in [4.78, 5) is 0. The average molecular weight is 511 g/mol. The molecule has 0 aliphatic carbocycles. The van der Waals surface area contributed by atoms with E-state index in [1.807, 2.05) is 72.8 Å². The van der Waals surface area contributed by atoms with Crippen molar-refractivity contribution in [3.8, 4) is 17.2 Å². The van der Waals surface area contributed by atoms with Crippen molar-refractivity contribution in [3.05, 3.63) is 89.5 Å². The molecule has 198 valence electrons. The second kappa shape index (κ2) is 13.4. The third-order valence-electron chi connectivity index (χ3n) is 6.23. The molecule has 1 aliphatic rings. The third-order valence-corrected chi connectivity index (χ3v) is 6.23. The van der Waals surface area contributed by atoms with Crippen LogP contribution < -0.4 is 14.2 Å². The molecule has 1 N–H and O–H groups in total. The fourth-order valence-corrected chi connectivity index (χ4v) is 4.03. The van der Waals surface area contributed by atoms with Gasteiger partial charge in [0, 0.05) is 0 Å². The zero-order chi connectivity index (χ0) is 26.0. The molecule has 8 heteroatoms. The highest BCUT2D eigenvalue weighted by molar-refractivity contribution is 5.28. The Morgan fingerprint density at radius 3 is 1.38 bits per heavy atom. The van der Waals surface area contributed by atoms with Crippen molar-refractivity contribution in [2.24, 2.45) is 0 Å². The molecule has 0 radical (unpaired) electrons. The standard InChI is InChI=1S/C29H34O8/c1-31-23-10-4-20(5-11-23)16-34-26-19-37-29(30)28(36-18-22-8-14-25(33-3)15-9-22)27(26)35-17-21-6-12-24(32-2)13-7-21/h4-15,26-30H,16-19H2,1-3H3/t26-,27?,28?,29-/m1/s1. The number of benzene rings is 3. The average Bonchev–Trinajstić information content (AvgIpc) is 2.95. The van der Waals surface area contributed by atoms with Gasteiger partial charge in [0.25, 0.3) is 0 Å². The second-order valence-corrected chi connectivity index (χ2v) is 8.67. The van der Waals surface area contributed by atoms with Gasteiger partial charge in [0.1, 0.15) is 35.6 Å². The van der Waals surface area contributed by atoms with E-state index in [4.69, 9.17) is 33.2 Å². The molecule has 1 heterocycles. The quantitative estimate of drug-likeness (QED) is 0.390. The van der Waals surface area contributed by atoms with E-state index >= 15 is 0 Å². The van der Waals surface area contributed by atoms with Crippen LogP contribution in [0.15, 0.2) is 72.8 Å². The van der Waals surface area contributed by atoms with Gasteiger partial charge in [0.05, 0.1) is 47.8 Å². The van der Waals surface area contributed by atoms with Gasteiger partial charge >= 0.3 is 0 Å². The van der Waals surface area contributed by atoms with Crippen LogP contribution in [0, 0.1) is 0 Å². The van der Waals surface area contributed by atoms with Gasteiger partial charge in [-0.2, -0.15) is 0 Å². The van der Waals surface area contributed by atoms with Crippen LogP contribution in [0.2, 0.25) is 0 Å². The van der Waals surface area contributed by atoms with Crippen LogP contribution in [0.1, 0.15) is 16.7 Å². The van der Waals surface area contributed by atoms with Crippen molar-refractivity contribution < 1.29 is 38.3 Å². The predicted molar refractivity (Wildman–Crippen MR) is 137 cm³/mol. The molecule has 0 spiro atoms. The lowest BCUT2D eigenvalue weighted by atomic mass is 10.0. The first kappa shape index (κ1) is 26.9. The highest BCUT2D eigenvalue weighted by Gasteiger charge is 2.42. The Balaban J connectivity index is 1.46. The van der Waals surface area contributed by atoms with E-state index in [-0.39, 0.29) is 13.2 Å². The molecule has 1 fully saturated rings. The SMILES string of the molecule is COc1ccc(COC2C(OCc3ccc(OC)cc3)[C@H](OCc3ccc(OC)cc3)CO[C@H]2O)cc1. The van der Waals surface area contributed by atoms with Crippen molar-refractivity contribution >= 4 is 0 Å². The van der Waals surface area contributed by atoms with Crippen molar-refractivity contribution in [3.63, 3.8) is 0 Å². The smallest absolute Gasteiger partial charge is 0.183 e. The predicted octanol–water partition coefficient (Wildman–Crippen LogP) is 4.12. The number of ether oxygens (including phenoxy) is 7. The summed E-state index contributed by atoms with van der Waals surface area (Å²) < 4.78 is 40.0. The number of aliphatic hydroxyl groups excluding tert-OH is 1. The fourth-order valence-electron chi connectivity index (χ4n) is 4.03. The van der Waals surface area contributed by atoms with Gasteiger partial charge < -0.3 is 38.3 Å². The molecular formula is C29H34O8. The molecule has 4 atom stereocenters. The molecule has 8 nitrogen and oxygen atoms in total. The maximum atomic E-state index is 10.7. The van der Waals surface area contributed by atoms with E-state index in [0.29, 0.717) is 13.2 Å². The van der Waals surface area contributed by atoms with Crippen LogP contribution in [0.4, 0.5) is 0 Å². The van der Waals surface area contributed by atoms with Crippen LogP contribution in [0.25, 0.3) is 0 Å². The minimum atomic E-state index is -1.15. The molecule has 4 rings (SSSR count). The summed E-state index contributed by atoms with van der Waals surface area (Å²) in [5.74, 6) is 2.31. The minimum absolute atomic E-state index is 0.174. The highest BCUT2D eigenvalue weighted by Crippen LogP contribution is 2.26. The van der Waals surface area contributed by atoms with Gasteiger partial charge in [0.2, 0.25) is 0 Å². The third kappa shape index (κ3) is 7.44. The van der Waals surface area contributed by atoms with Gasteiger partial charge in [-0.25, -0.2) is 0 Å². The maximum Gasteiger partial charge on any atom is 0.183 e. The Kier molecular flexibility index (Phi) is 9.76. The number of rotatable bonds is 12. The Morgan fingerprint density at radius 1 is 0.595 bits per heavy atom. The normalized spacial score (nSPS) is 21.4. The summed E-state index contributed by atoms with van der Waals surface area (Å²) in [6, 6.07) is 22.9. The van der Waals surface area contributed by atoms with Crippen molar-refractivity contribution in [1.29, 1.82) is 0 Å². The van der Waals surface area contributed by atoms with Crippen LogP contribution in [0.5, 0.6) is 17.2 Å². The molecule has 0 bridgehead atoms. The number of hydrogen-bond acceptors (Lipinski definition) is 8. The number of methoxy groups -OCH3 is 3. The van der Waals surface area contributed by atoms with E-state index in [1.165, 1.54) is 0 Å². The van der Waals surface area contributed by atoms with Crippen LogP contribution in [-0.2, 0) is 38.8 Å².